The lowest BCUT2D eigenvalue weighted by molar-refractivity contribution is 0.582. The van der Waals surface area contributed by atoms with Crippen molar-refractivity contribution < 1.29 is 8.42 Å². The standard InChI is InChI=1S/C18H23NO2S/c1-13(2)15-6-8-16(9-7-15)18(12-19)22(20,21)17-10-4-14(3)5-11-17/h4-11,13,18H,12,19H2,1-3H3. The van der Waals surface area contributed by atoms with Gasteiger partial charge in [0, 0.05) is 6.54 Å². The van der Waals surface area contributed by atoms with Crippen molar-refractivity contribution in [1.29, 1.82) is 0 Å². The zero-order valence-electron chi connectivity index (χ0n) is 13.3. The minimum absolute atomic E-state index is 0.0667. The van der Waals surface area contributed by atoms with Crippen molar-refractivity contribution in [2.75, 3.05) is 6.54 Å². The summed E-state index contributed by atoms with van der Waals surface area (Å²) >= 11 is 0. The van der Waals surface area contributed by atoms with E-state index in [1.54, 1.807) is 12.1 Å². The van der Waals surface area contributed by atoms with E-state index in [1.807, 2.05) is 43.3 Å². The van der Waals surface area contributed by atoms with Gasteiger partial charge in [0.15, 0.2) is 9.84 Å². The van der Waals surface area contributed by atoms with Crippen LogP contribution in [0, 0.1) is 6.92 Å². The van der Waals surface area contributed by atoms with E-state index in [-0.39, 0.29) is 6.54 Å². The summed E-state index contributed by atoms with van der Waals surface area (Å²) in [5.74, 6) is 0.416. The number of rotatable bonds is 5. The Morgan fingerprint density at radius 1 is 0.909 bits per heavy atom. The van der Waals surface area contributed by atoms with Crippen molar-refractivity contribution in [2.24, 2.45) is 5.73 Å². The molecule has 2 aromatic carbocycles. The van der Waals surface area contributed by atoms with Crippen LogP contribution in [0.2, 0.25) is 0 Å². The largest absolute Gasteiger partial charge is 0.329 e. The maximum Gasteiger partial charge on any atom is 0.186 e. The predicted octanol–water partition coefficient (Wildman–Crippen LogP) is 3.59. The number of aryl methyl sites for hydroxylation is 1. The Morgan fingerprint density at radius 3 is 1.86 bits per heavy atom. The van der Waals surface area contributed by atoms with Crippen LogP contribution in [0.5, 0.6) is 0 Å². The van der Waals surface area contributed by atoms with Gasteiger partial charge in [0.1, 0.15) is 5.25 Å². The summed E-state index contributed by atoms with van der Waals surface area (Å²) in [6.07, 6.45) is 0. The molecule has 0 fully saturated rings. The van der Waals surface area contributed by atoms with E-state index in [9.17, 15) is 8.42 Å². The highest BCUT2D eigenvalue weighted by atomic mass is 32.2. The highest BCUT2D eigenvalue weighted by Crippen LogP contribution is 2.29. The number of nitrogens with two attached hydrogens (primary N) is 1. The summed E-state index contributed by atoms with van der Waals surface area (Å²) in [6, 6.07) is 14.6. The van der Waals surface area contributed by atoms with Crippen LogP contribution in [0.4, 0.5) is 0 Å². The van der Waals surface area contributed by atoms with Crippen LogP contribution < -0.4 is 5.73 Å². The van der Waals surface area contributed by atoms with Gasteiger partial charge in [-0.1, -0.05) is 55.8 Å². The first kappa shape index (κ1) is 16.7. The molecule has 0 aliphatic carbocycles. The van der Waals surface area contributed by atoms with E-state index < -0.39 is 15.1 Å². The average molecular weight is 317 g/mol. The number of benzene rings is 2. The maximum absolute atomic E-state index is 12.8. The van der Waals surface area contributed by atoms with E-state index in [0.29, 0.717) is 10.8 Å². The Bertz CT molecular complexity index is 717. The molecule has 0 saturated heterocycles. The fraction of sp³-hybridized carbons (Fsp3) is 0.333. The minimum atomic E-state index is -3.48. The van der Waals surface area contributed by atoms with Crippen molar-refractivity contribution >= 4 is 9.84 Å². The molecule has 2 aromatic rings. The Kier molecular flexibility index (Phi) is 5.04. The molecule has 1 unspecified atom stereocenters. The molecule has 22 heavy (non-hydrogen) atoms. The van der Waals surface area contributed by atoms with Gasteiger partial charge in [-0.05, 0) is 36.1 Å². The second-order valence-corrected chi connectivity index (χ2v) is 8.03. The highest BCUT2D eigenvalue weighted by Gasteiger charge is 2.27. The normalized spacial score (nSPS) is 13.3. The van der Waals surface area contributed by atoms with Crippen LogP contribution in [-0.2, 0) is 9.84 Å². The highest BCUT2D eigenvalue weighted by molar-refractivity contribution is 7.91. The van der Waals surface area contributed by atoms with Gasteiger partial charge < -0.3 is 5.73 Å². The molecule has 0 bridgehead atoms. The van der Waals surface area contributed by atoms with Crippen LogP contribution in [0.1, 0.15) is 41.7 Å². The van der Waals surface area contributed by atoms with Gasteiger partial charge in [-0.15, -0.1) is 0 Å². The summed E-state index contributed by atoms with van der Waals surface area (Å²) in [5, 5.41) is -0.712. The van der Waals surface area contributed by atoms with E-state index >= 15 is 0 Å². The van der Waals surface area contributed by atoms with Gasteiger partial charge in [-0.3, -0.25) is 0 Å². The Balaban J connectivity index is 2.40. The zero-order valence-corrected chi connectivity index (χ0v) is 14.1. The van der Waals surface area contributed by atoms with E-state index in [4.69, 9.17) is 5.73 Å². The quantitative estimate of drug-likeness (QED) is 0.916. The second kappa shape index (κ2) is 6.63. The molecule has 0 aromatic heterocycles. The first-order chi connectivity index (χ1) is 10.4. The van der Waals surface area contributed by atoms with Crippen molar-refractivity contribution in [3.8, 4) is 0 Å². The molecule has 4 heteroatoms. The fourth-order valence-corrected chi connectivity index (χ4v) is 4.04. The lowest BCUT2D eigenvalue weighted by atomic mass is 10.0. The summed E-state index contributed by atoms with van der Waals surface area (Å²) in [4.78, 5) is 0.321. The lowest BCUT2D eigenvalue weighted by Gasteiger charge is -2.17. The Morgan fingerprint density at radius 2 is 1.41 bits per heavy atom. The van der Waals surface area contributed by atoms with E-state index in [2.05, 4.69) is 13.8 Å². The summed E-state index contributed by atoms with van der Waals surface area (Å²) in [6.45, 7) is 6.22. The average Bonchev–Trinajstić information content (AvgIpc) is 2.48. The number of hydrogen-bond donors (Lipinski definition) is 1. The monoisotopic (exact) mass is 317 g/mol. The van der Waals surface area contributed by atoms with Crippen LogP contribution in [-0.4, -0.2) is 15.0 Å². The Labute approximate surface area is 133 Å². The number of hydrogen-bond acceptors (Lipinski definition) is 3. The van der Waals surface area contributed by atoms with Gasteiger partial charge in [0.2, 0.25) is 0 Å². The lowest BCUT2D eigenvalue weighted by Crippen LogP contribution is -2.22. The summed E-state index contributed by atoms with van der Waals surface area (Å²) < 4.78 is 25.6. The van der Waals surface area contributed by atoms with E-state index in [1.165, 1.54) is 5.56 Å². The van der Waals surface area contributed by atoms with Crippen molar-refractivity contribution in [2.45, 2.75) is 36.8 Å². The molecular formula is C18H23NO2S. The predicted molar refractivity (Wildman–Crippen MR) is 90.7 cm³/mol. The maximum atomic E-state index is 12.8. The molecule has 0 spiro atoms. The molecule has 0 aliphatic heterocycles. The van der Waals surface area contributed by atoms with Crippen LogP contribution >= 0.6 is 0 Å². The van der Waals surface area contributed by atoms with Gasteiger partial charge in [0.05, 0.1) is 4.90 Å². The van der Waals surface area contributed by atoms with Crippen molar-refractivity contribution in [1.82, 2.24) is 0 Å². The third kappa shape index (κ3) is 3.39. The minimum Gasteiger partial charge on any atom is -0.329 e. The molecule has 0 amide bonds. The topological polar surface area (TPSA) is 60.2 Å². The van der Waals surface area contributed by atoms with Crippen molar-refractivity contribution in [3.05, 3.63) is 65.2 Å². The van der Waals surface area contributed by atoms with Crippen LogP contribution in [0.25, 0.3) is 0 Å². The third-order valence-electron chi connectivity index (χ3n) is 3.91. The zero-order chi connectivity index (χ0) is 16.3. The summed E-state index contributed by atoms with van der Waals surface area (Å²) in [5.41, 5.74) is 8.74. The SMILES string of the molecule is Cc1ccc(S(=O)(=O)C(CN)c2ccc(C(C)C)cc2)cc1. The molecule has 3 nitrogen and oxygen atoms in total. The van der Waals surface area contributed by atoms with Gasteiger partial charge >= 0.3 is 0 Å². The second-order valence-electron chi connectivity index (χ2n) is 5.90. The van der Waals surface area contributed by atoms with Gasteiger partial charge in [-0.25, -0.2) is 8.42 Å². The molecule has 2 rings (SSSR count). The van der Waals surface area contributed by atoms with Gasteiger partial charge in [0.25, 0.3) is 0 Å². The molecule has 2 N–H and O–H groups in total. The molecule has 0 heterocycles. The molecule has 0 saturated carbocycles. The molecule has 0 aliphatic rings. The number of sulfone groups is 1. The fourth-order valence-electron chi connectivity index (χ4n) is 2.43. The van der Waals surface area contributed by atoms with Crippen LogP contribution in [0.15, 0.2) is 53.4 Å². The first-order valence-corrected chi connectivity index (χ1v) is 9.01. The summed E-state index contributed by atoms with van der Waals surface area (Å²) in [7, 11) is -3.48. The molecule has 1 atom stereocenters. The Hall–Kier alpha value is -1.65. The third-order valence-corrected chi connectivity index (χ3v) is 6.06. The van der Waals surface area contributed by atoms with Crippen molar-refractivity contribution in [3.63, 3.8) is 0 Å². The van der Waals surface area contributed by atoms with Gasteiger partial charge in [-0.2, -0.15) is 0 Å². The molecule has 0 radical (unpaired) electrons. The molecule has 118 valence electrons. The van der Waals surface area contributed by atoms with E-state index in [0.717, 1.165) is 11.1 Å². The first-order valence-electron chi connectivity index (χ1n) is 7.46. The molecular weight excluding hydrogens is 294 g/mol. The smallest absolute Gasteiger partial charge is 0.186 e. The van der Waals surface area contributed by atoms with Crippen LogP contribution in [0.3, 0.4) is 0 Å².